The molecule has 0 aliphatic carbocycles. The van der Waals surface area contributed by atoms with Crippen LogP contribution in [0.25, 0.3) is 0 Å². The number of aryl methyl sites for hydroxylation is 3. The van der Waals surface area contributed by atoms with Crippen LogP contribution in [0.2, 0.25) is 0 Å². The molecule has 0 spiro atoms. The predicted molar refractivity (Wildman–Crippen MR) is 67.4 cm³/mol. The van der Waals surface area contributed by atoms with Gasteiger partial charge in [-0.25, -0.2) is 4.68 Å². The van der Waals surface area contributed by atoms with E-state index in [0.29, 0.717) is 30.5 Å². The van der Waals surface area contributed by atoms with Gasteiger partial charge in [-0.15, -0.1) is 5.10 Å². The van der Waals surface area contributed by atoms with Crippen molar-refractivity contribution in [1.29, 1.82) is 0 Å². The van der Waals surface area contributed by atoms with E-state index in [2.05, 4.69) is 31.0 Å². The number of aromatic nitrogens is 6. The zero-order valence-electron chi connectivity index (χ0n) is 11.7. The molecule has 9 heteroatoms. The fourth-order valence-electron chi connectivity index (χ4n) is 1.72. The van der Waals surface area contributed by atoms with Crippen LogP contribution in [0.3, 0.4) is 0 Å². The minimum Gasteiger partial charge on any atom is -0.344 e. The third-order valence-electron chi connectivity index (χ3n) is 2.85. The summed E-state index contributed by atoms with van der Waals surface area (Å²) < 4.78 is 6.66. The maximum Gasteiger partial charge on any atom is 0.249 e. The van der Waals surface area contributed by atoms with E-state index in [1.54, 1.807) is 18.5 Å². The van der Waals surface area contributed by atoms with Gasteiger partial charge in [-0.05, 0) is 30.7 Å². The van der Waals surface area contributed by atoms with Crippen LogP contribution in [-0.2, 0) is 11.3 Å². The lowest BCUT2D eigenvalue weighted by atomic mass is 10.2. The van der Waals surface area contributed by atoms with Crippen LogP contribution in [0.4, 0.5) is 0 Å². The summed E-state index contributed by atoms with van der Waals surface area (Å²) >= 11 is 0. The molecule has 2 rings (SSSR count). The van der Waals surface area contributed by atoms with E-state index in [4.69, 9.17) is 4.52 Å². The Kier molecular flexibility index (Phi) is 4.38. The van der Waals surface area contributed by atoms with Gasteiger partial charge in [-0.3, -0.25) is 4.79 Å². The van der Waals surface area contributed by atoms with E-state index >= 15 is 0 Å². The summed E-state index contributed by atoms with van der Waals surface area (Å²) in [5, 5.41) is 17.7. The topological polar surface area (TPSA) is 112 Å². The fraction of sp³-hybridized carbons (Fsp3) is 0.636. The Labute approximate surface area is 115 Å². The first-order valence-electron chi connectivity index (χ1n) is 6.42. The zero-order valence-corrected chi connectivity index (χ0v) is 11.7. The largest absolute Gasteiger partial charge is 0.344 e. The minimum absolute atomic E-state index is 0.109. The molecule has 2 aromatic heterocycles. The molecule has 1 N–H and O–H groups in total. The normalized spacial score (nSPS) is 12.3. The third kappa shape index (κ3) is 3.37. The van der Waals surface area contributed by atoms with Crippen molar-refractivity contribution in [2.45, 2.75) is 46.2 Å². The average molecular weight is 279 g/mol. The average Bonchev–Trinajstić information content (AvgIpc) is 3.02. The van der Waals surface area contributed by atoms with Gasteiger partial charge >= 0.3 is 0 Å². The Balaban J connectivity index is 1.88. The van der Waals surface area contributed by atoms with E-state index in [-0.39, 0.29) is 18.4 Å². The van der Waals surface area contributed by atoms with E-state index < -0.39 is 0 Å². The molecular formula is C11H17N7O2. The molecule has 108 valence electrons. The second kappa shape index (κ2) is 6.22. The van der Waals surface area contributed by atoms with E-state index in [9.17, 15) is 4.79 Å². The van der Waals surface area contributed by atoms with Crippen molar-refractivity contribution < 1.29 is 9.32 Å². The second-order valence-corrected chi connectivity index (χ2v) is 4.41. The zero-order chi connectivity index (χ0) is 14.5. The lowest BCUT2D eigenvalue weighted by Gasteiger charge is -2.12. The van der Waals surface area contributed by atoms with Crippen molar-refractivity contribution in [2.75, 3.05) is 0 Å². The molecule has 1 amide bonds. The summed E-state index contributed by atoms with van der Waals surface area (Å²) in [6.45, 7) is 5.90. The number of carbonyl (C=O) groups excluding carboxylic acids is 1. The van der Waals surface area contributed by atoms with Gasteiger partial charge < -0.3 is 9.84 Å². The monoisotopic (exact) mass is 279 g/mol. The highest BCUT2D eigenvalue weighted by atomic mass is 16.5. The van der Waals surface area contributed by atoms with Crippen LogP contribution in [0, 0.1) is 13.8 Å². The van der Waals surface area contributed by atoms with Gasteiger partial charge in [0.1, 0.15) is 11.9 Å². The number of nitrogens with zero attached hydrogens (tertiary/aromatic N) is 6. The molecule has 0 bridgehead atoms. The van der Waals surface area contributed by atoms with Crippen LogP contribution in [0.5, 0.6) is 0 Å². The molecule has 0 saturated heterocycles. The molecule has 1 unspecified atom stereocenters. The SMILES string of the molecule is CCC(NC(=O)CCn1nnnc1C)c1nc(C)no1. The fourth-order valence-corrected chi connectivity index (χ4v) is 1.72. The van der Waals surface area contributed by atoms with Crippen molar-refractivity contribution in [3.05, 3.63) is 17.5 Å². The lowest BCUT2D eigenvalue weighted by molar-refractivity contribution is -0.122. The van der Waals surface area contributed by atoms with Crippen LogP contribution in [-0.4, -0.2) is 36.3 Å². The van der Waals surface area contributed by atoms with Crippen molar-refractivity contribution in [2.24, 2.45) is 0 Å². The number of hydrogen-bond acceptors (Lipinski definition) is 7. The summed E-state index contributed by atoms with van der Waals surface area (Å²) in [6, 6.07) is -0.265. The standard InChI is InChI=1S/C11H17N7O2/c1-4-9(11-12-7(2)15-20-11)13-10(19)5-6-18-8(3)14-16-17-18/h9H,4-6H2,1-3H3,(H,13,19). The summed E-state index contributed by atoms with van der Waals surface area (Å²) in [5.41, 5.74) is 0. The smallest absolute Gasteiger partial charge is 0.249 e. The van der Waals surface area contributed by atoms with Gasteiger partial charge in [0.15, 0.2) is 5.82 Å². The van der Waals surface area contributed by atoms with Gasteiger partial charge in [0, 0.05) is 6.42 Å². The van der Waals surface area contributed by atoms with Crippen LogP contribution >= 0.6 is 0 Å². The van der Waals surface area contributed by atoms with Gasteiger partial charge in [0.2, 0.25) is 11.8 Å². The number of tetrazole rings is 1. The second-order valence-electron chi connectivity index (χ2n) is 4.41. The summed E-state index contributed by atoms with van der Waals surface area (Å²) in [4.78, 5) is 16.0. The highest BCUT2D eigenvalue weighted by molar-refractivity contribution is 5.76. The van der Waals surface area contributed by atoms with Gasteiger partial charge in [0.05, 0.1) is 6.54 Å². The highest BCUT2D eigenvalue weighted by Gasteiger charge is 2.18. The first kappa shape index (κ1) is 14.1. The molecule has 0 radical (unpaired) electrons. The predicted octanol–water partition coefficient (Wildman–Crippen LogP) is 0.331. The molecule has 9 nitrogen and oxygen atoms in total. The van der Waals surface area contributed by atoms with Crippen molar-refractivity contribution >= 4 is 5.91 Å². The Hall–Kier alpha value is -2.32. The Morgan fingerprint density at radius 3 is 2.80 bits per heavy atom. The maximum atomic E-state index is 11.9. The van der Waals surface area contributed by atoms with Crippen LogP contribution in [0.15, 0.2) is 4.52 Å². The molecule has 2 aromatic rings. The number of amides is 1. The van der Waals surface area contributed by atoms with E-state index in [0.717, 1.165) is 0 Å². The van der Waals surface area contributed by atoms with Gasteiger partial charge in [-0.2, -0.15) is 4.98 Å². The van der Waals surface area contributed by atoms with E-state index in [1.807, 2.05) is 6.92 Å². The van der Waals surface area contributed by atoms with Gasteiger partial charge in [-0.1, -0.05) is 12.1 Å². The molecule has 0 aliphatic heterocycles. The first-order valence-corrected chi connectivity index (χ1v) is 6.42. The minimum atomic E-state index is -0.265. The van der Waals surface area contributed by atoms with Crippen molar-refractivity contribution in [1.82, 2.24) is 35.7 Å². The molecule has 2 heterocycles. The highest BCUT2D eigenvalue weighted by Crippen LogP contribution is 2.14. The first-order chi connectivity index (χ1) is 9.60. The van der Waals surface area contributed by atoms with Crippen LogP contribution in [0.1, 0.15) is 43.3 Å². The molecule has 1 atom stereocenters. The van der Waals surface area contributed by atoms with Crippen molar-refractivity contribution in [3.63, 3.8) is 0 Å². The van der Waals surface area contributed by atoms with Crippen LogP contribution < -0.4 is 5.32 Å². The number of carbonyl (C=O) groups is 1. The quantitative estimate of drug-likeness (QED) is 0.810. The third-order valence-corrected chi connectivity index (χ3v) is 2.85. The molecular weight excluding hydrogens is 262 g/mol. The molecule has 0 aliphatic rings. The Morgan fingerprint density at radius 2 is 2.25 bits per heavy atom. The summed E-state index contributed by atoms with van der Waals surface area (Å²) in [5.74, 6) is 1.55. The lowest BCUT2D eigenvalue weighted by Crippen LogP contribution is -2.29. The molecule has 0 aromatic carbocycles. The van der Waals surface area contributed by atoms with E-state index in [1.165, 1.54) is 0 Å². The molecule has 0 fully saturated rings. The molecule has 20 heavy (non-hydrogen) atoms. The number of nitrogens with one attached hydrogen (secondary N) is 1. The Morgan fingerprint density at radius 1 is 1.45 bits per heavy atom. The molecule has 0 saturated carbocycles. The summed E-state index contributed by atoms with van der Waals surface area (Å²) in [7, 11) is 0. The summed E-state index contributed by atoms with van der Waals surface area (Å²) in [6.07, 6.45) is 0.965. The maximum absolute atomic E-state index is 11.9. The number of hydrogen-bond donors (Lipinski definition) is 1. The van der Waals surface area contributed by atoms with Gasteiger partial charge in [0.25, 0.3) is 0 Å². The Bertz CT molecular complexity index is 577. The number of rotatable bonds is 6. The van der Waals surface area contributed by atoms with Crippen molar-refractivity contribution in [3.8, 4) is 0 Å².